The van der Waals surface area contributed by atoms with Crippen LogP contribution in [0.25, 0.3) is 0 Å². The number of benzene rings is 1. The predicted molar refractivity (Wildman–Crippen MR) is 114 cm³/mol. The first-order valence-corrected chi connectivity index (χ1v) is 10.3. The van der Waals surface area contributed by atoms with Gasteiger partial charge in [-0.2, -0.15) is 5.10 Å². The highest BCUT2D eigenvalue weighted by Crippen LogP contribution is 2.34. The Morgan fingerprint density at radius 1 is 1.25 bits per heavy atom. The molecule has 0 radical (unpaired) electrons. The fourth-order valence-electron chi connectivity index (χ4n) is 3.33. The summed E-state index contributed by atoms with van der Waals surface area (Å²) in [7, 11) is 2.85. The monoisotopic (exact) mass is 452 g/mol. The number of aromatic amines is 1. The second-order valence-corrected chi connectivity index (χ2v) is 7.93. The summed E-state index contributed by atoms with van der Waals surface area (Å²) in [5, 5.41) is 6.12. The third kappa shape index (κ3) is 6.74. The van der Waals surface area contributed by atoms with Gasteiger partial charge in [0, 0.05) is 19.5 Å². The molecule has 1 aromatic carbocycles. The van der Waals surface area contributed by atoms with Crippen molar-refractivity contribution in [3.63, 3.8) is 0 Å². The van der Waals surface area contributed by atoms with Crippen molar-refractivity contribution in [2.75, 3.05) is 20.8 Å². The first-order valence-electron chi connectivity index (χ1n) is 10.3. The highest BCUT2D eigenvalue weighted by molar-refractivity contribution is 5.87. The molecule has 2 aromatic rings. The zero-order chi connectivity index (χ0) is 23.8. The lowest BCUT2D eigenvalue weighted by molar-refractivity contribution is -0.144. The molecule has 8 nitrogen and oxygen atoms in total. The van der Waals surface area contributed by atoms with Crippen LogP contribution in [0.5, 0.6) is 5.88 Å². The number of amides is 1. The lowest BCUT2D eigenvalue weighted by Gasteiger charge is -2.31. The number of nitrogens with zero attached hydrogens (tertiary/aromatic N) is 1. The fraction of sp³-hybridized carbons (Fsp3) is 0.500. The van der Waals surface area contributed by atoms with Crippen molar-refractivity contribution in [2.24, 2.45) is 5.92 Å². The number of hydrazine groups is 1. The van der Waals surface area contributed by atoms with E-state index in [2.05, 4.69) is 21.0 Å². The highest BCUT2D eigenvalue weighted by Gasteiger charge is 2.40. The maximum absolute atomic E-state index is 14.5. The van der Waals surface area contributed by atoms with Gasteiger partial charge >= 0.3 is 5.97 Å². The maximum atomic E-state index is 14.5. The topological polar surface area (TPSA) is 105 Å². The summed E-state index contributed by atoms with van der Waals surface area (Å²) in [5.74, 6) is -4.18. The summed E-state index contributed by atoms with van der Waals surface area (Å²) in [5.41, 5.74) is 5.21. The number of carbonyl (C=O) groups is 2. The fourth-order valence-corrected chi connectivity index (χ4v) is 3.33. The first-order chi connectivity index (χ1) is 15.1. The molecule has 2 rings (SSSR count). The van der Waals surface area contributed by atoms with Gasteiger partial charge in [-0.3, -0.25) is 15.0 Å². The molecule has 1 aromatic heterocycles. The van der Waals surface area contributed by atoms with Crippen LogP contribution in [0.4, 0.5) is 8.78 Å². The molecule has 1 heterocycles. The Bertz CT molecular complexity index is 892. The van der Waals surface area contributed by atoms with E-state index in [-0.39, 0.29) is 24.2 Å². The van der Waals surface area contributed by atoms with Gasteiger partial charge in [-0.25, -0.2) is 19.3 Å². The quantitative estimate of drug-likeness (QED) is 0.338. The number of methoxy groups -OCH3 is 1. The Morgan fingerprint density at radius 3 is 2.62 bits per heavy atom. The predicted octanol–water partition coefficient (Wildman–Crippen LogP) is 2.76. The van der Waals surface area contributed by atoms with E-state index >= 15 is 0 Å². The van der Waals surface area contributed by atoms with Crippen molar-refractivity contribution < 1.29 is 27.8 Å². The third-order valence-corrected chi connectivity index (χ3v) is 5.35. The van der Waals surface area contributed by atoms with Crippen LogP contribution in [0, 0.1) is 5.92 Å². The van der Waals surface area contributed by atoms with Gasteiger partial charge in [0.1, 0.15) is 0 Å². The summed E-state index contributed by atoms with van der Waals surface area (Å²) < 4.78 is 38.9. The summed E-state index contributed by atoms with van der Waals surface area (Å²) in [6.45, 7) is 2.52. The van der Waals surface area contributed by atoms with E-state index in [9.17, 15) is 18.4 Å². The Labute approximate surface area is 186 Å². The van der Waals surface area contributed by atoms with Crippen molar-refractivity contribution in [1.82, 2.24) is 21.0 Å². The Morgan fingerprint density at radius 2 is 2.00 bits per heavy atom. The number of ether oxygens (including phenoxy) is 2. The van der Waals surface area contributed by atoms with Crippen molar-refractivity contribution in [3.8, 4) is 5.88 Å². The number of hydrogen-bond donors (Lipinski definition) is 3. The minimum Gasteiger partial charge on any atom is -0.472 e. The molecule has 0 spiro atoms. The average Bonchev–Trinajstić information content (AvgIpc) is 3.30. The summed E-state index contributed by atoms with van der Waals surface area (Å²) >= 11 is 0. The Kier molecular flexibility index (Phi) is 8.71. The van der Waals surface area contributed by atoms with Crippen LogP contribution < -0.4 is 15.6 Å². The molecular formula is C22H30F2N4O4. The van der Waals surface area contributed by atoms with Crippen molar-refractivity contribution in [2.45, 2.75) is 44.4 Å². The van der Waals surface area contributed by atoms with Gasteiger partial charge in [-0.1, -0.05) is 31.2 Å². The van der Waals surface area contributed by atoms with Gasteiger partial charge in [0.15, 0.2) is 6.61 Å². The lowest BCUT2D eigenvalue weighted by Crippen LogP contribution is -2.48. The van der Waals surface area contributed by atoms with E-state index in [4.69, 9.17) is 9.47 Å². The van der Waals surface area contributed by atoms with Gasteiger partial charge in [0.25, 0.3) is 5.92 Å². The van der Waals surface area contributed by atoms with Gasteiger partial charge in [0.2, 0.25) is 11.8 Å². The number of aromatic nitrogens is 2. The highest BCUT2D eigenvalue weighted by atomic mass is 19.3. The molecule has 176 valence electrons. The molecule has 2 atom stereocenters. The summed E-state index contributed by atoms with van der Waals surface area (Å²) in [4.78, 5) is 24.6. The van der Waals surface area contributed by atoms with Gasteiger partial charge in [-0.15, -0.1) is 0 Å². The number of nitrogens with one attached hydrogen (secondary N) is 3. The molecule has 0 fully saturated rings. The number of esters is 1. The van der Waals surface area contributed by atoms with Crippen molar-refractivity contribution in [1.29, 1.82) is 0 Å². The molecule has 0 bridgehead atoms. The first kappa shape index (κ1) is 25.3. The number of alkyl halides is 2. The molecule has 10 heteroatoms. The standard InChI is InChI=1S/C22H30F2N4O4/c1-15(19(29)31-4)12-16-6-5-7-17(13-16)21(2,20(30)28-25-3)9-10-22(23,24)14-32-18-8-11-26-27-18/h5-8,11,13,15,25H,9-10,12,14H2,1-4H3,(H,26,27)(H,28,30)/t15-,21?/m0/s1. The second-order valence-electron chi connectivity index (χ2n) is 7.93. The SMILES string of the molecule is CNNC(=O)C(C)(CCC(F)(F)COc1ccn[nH]1)c1cccc(C[C@H](C)C(=O)OC)c1. The lowest BCUT2D eigenvalue weighted by atomic mass is 9.76. The van der Waals surface area contributed by atoms with Crippen LogP contribution in [-0.2, 0) is 26.2 Å². The van der Waals surface area contributed by atoms with Crippen molar-refractivity contribution in [3.05, 3.63) is 47.7 Å². The molecule has 0 aliphatic heterocycles. The zero-order valence-electron chi connectivity index (χ0n) is 18.7. The smallest absolute Gasteiger partial charge is 0.308 e. The Hall–Kier alpha value is -3.01. The van der Waals surface area contributed by atoms with E-state index in [0.29, 0.717) is 12.0 Å². The van der Waals surface area contributed by atoms with E-state index < -0.39 is 30.3 Å². The van der Waals surface area contributed by atoms with Crippen LogP contribution >= 0.6 is 0 Å². The minimum atomic E-state index is -3.16. The molecule has 3 N–H and O–H groups in total. The summed E-state index contributed by atoms with van der Waals surface area (Å²) in [6.07, 6.45) is 1.10. The third-order valence-electron chi connectivity index (χ3n) is 5.35. The van der Waals surface area contributed by atoms with E-state index in [1.165, 1.54) is 26.4 Å². The average molecular weight is 453 g/mol. The van der Waals surface area contributed by atoms with E-state index in [0.717, 1.165) is 5.56 Å². The number of halogens is 2. The number of carbonyl (C=O) groups excluding carboxylic acids is 2. The zero-order valence-corrected chi connectivity index (χ0v) is 18.7. The number of hydrogen-bond acceptors (Lipinski definition) is 6. The van der Waals surface area contributed by atoms with E-state index in [1.807, 2.05) is 6.07 Å². The Balaban J connectivity index is 2.19. The molecule has 32 heavy (non-hydrogen) atoms. The maximum Gasteiger partial charge on any atom is 0.308 e. The van der Waals surface area contributed by atoms with Gasteiger partial charge < -0.3 is 9.47 Å². The van der Waals surface area contributed by atoms with Crippen LogP contribution in [0.3, 0.4) is 0 Å². The summed E-state index contributed by atoms with van der Waals surface area (Å²) in [6, 6.07) is 8.52. The molecule has 1 amide bonds. The van der Waals surface area contributed by atoms with Crippen LogP contribution in [0.15, 0.2) is 36.5 Å². The second kappa shape index (κ2) is 11.0. The largest absolute Gasteiger partial charge is 0.472 e. The molecular weight excluding hydrogens is 422 g/mol. The van der Waals surface area contributed by atoms with Gasteiger partial charge in [0.05, 0.1) is 24.6 Å². The molecule has 0 saturated carbocycles. The van der Waals surface area contributed by atoms with Crippen LogP contribution in [0.1, 0.15) is 37.8 Å². The number of rotatable bonds is 12. The molecule has 0 aliphatic rings. The van der Waals surface area contributed by atoms with Crippen LogP contribution in [-0.4, -0.2) is 48.8 Å². The van der Waals surface area contributed by atoms with Gasteiger partial charge in [-0.05, 0) is 30.9 Å². The molecule has 0 saturated heterocycles. The molecule has 0 aliphatic carbocycles. The van der Waals surface area contributed by atoms with Crippen molar-refractivity contribution >= 4 is 11.9 Å². The van der Waals surface area contributed by atoms with E-state index in [1.54, 1.807) is 32.0 Å². The number of H-pyrrole nitrogens is 1. The molecule has 1 unspecified atom stereocenters. The normalized spacial score (nSPS) is 14.3. The van der Waals surface area contributed by atoms with Crippen LogP contribution in [0.2, 0.25) is 0 Å². The minimum absolute atomic E-state index is 0.129.